The van der Waals surface area contributed by atoms with Crippen molar-refractivity contribution in [2.45, 2.75) is 37.8 Å². The van der Waals surface area contributed by atoms with Crippen LogP contribution in [0.5, 0.6) is 0 Å². The van der Waals surface area contributed by atoms with Crippen molar-refractivity contribution in [2.75, 3.05) is 18.4 Å². The molecule has 1 aliphatic heterocycles. The second-order valence-corrected chi connectivity index (χ2v) is 9.03. The van der Waals surface area contributed by atoms with Crippen molar-refractivity contribution in [1.82, 2.24) is 10.2 Å². The van der Waals surface area contributed by atoms with Gasteiger partial charge in [-0.3, -0.25) is 14.4 Å². The summed E-state index contributed by atoms with van der Waals surface area (Å²) >= 11 is 0. The highest BCUT2D eigenvalue weighted by molar-refractivity contribution is 5.99. The van der Waals surface area contributed by atoms with Crippen LogP contribution >= 0.6 is 0 Å². The summed E-state index contributed by atoms with van der Waals surface area (Å²) in [4.78, 5) is 40.2. The van der Waals surface area contributed by atoms with E-state index in [2.05, 4.69) is 22.8 Å². The Morgan fingerprint density at radius 1 is 0.917 bits per heavy atom. The Balaban J connectivity index is 1.35. The Morgan fingerprint density at radius 3 is 2.28 bits per heavy atom. The fourth-order valence-electron chi connectivity index (χ4n) is 4.37. The molecule has 1 heterocycles. The third-order valence-electron chi connectivity index (χ3n) is 6.42. The summed E-state index contributed by atoms with van der Waals surface area (Å²) in [5, 5.41) is 5.71. The van der Waals surface area contributed by atoms with Gasteiger partial charge in [-0.25, -0.2) is 0 Å². The molecule has 1 atom stereocenters. The lowest BCUT2D eigenvalue weighted by Crippen LogP contribution is -2.49. The molecular formula is C29H32N4O3. The van der Waals surface area contributed by atoms with E-state index in [1.807, 2.05) is 48.6 Å². The summed E-state index contributed by atoms with van der Waals surface area (Å²) in [6.45, 7) is 0.854. The molecule has 1 aliphatic carbocycles. The standard InChI is InChI=1S/C29H32N4O3/c30-19-21-10-16-25(17-11-21)31-27(34)20-33-18-6-5-9-26(29(33)36)32-28(35)24-14-12-23(13-15-24)22-7-3-1-2-4-8-22/h1-4,7-8,10-17,22,26H,5-6,9,18-20,30H2,(H,31,34)(H,32,35). The fraction of sp³-hybridized carbons (Fsp3) is 0.276. The van der Waals surface area contributed by atoms with Crippen molar-refractivity contribution in [3.05, 3.63) is 102 Å². The molecule has 7 nitrogen and oxygen atoms in total. The zero-order valence-electron chi connectivity index (χ0n) is 20.2. The number of hydrogen-bond donors (Lipinski definition) is 3. The highest BCUT2D eigenvalue weighted by atomic mass is 16.2. The second kappa shape index (κ2) is 12.1. The minimum Gasteiger partial charge on any atom is -0.340 e. The number of benzene rings is 2. The molecule has 0 saturated carbocycles. The van der Waals surface area contributed by atoms with Crippen LogP contribution in [0, 0.1) is 0 Å². The predicted octanol–water partition coefficient (Wildman–Crippen LogP) is 3.66. The van der Waals surface area contributed by atoms with Gasteiger partial charge in [-0.2, -0.15) is 0 Å². The molecule has 7 heteroatoms. The second-order valence-electron chi connectivity index (χ2n) is 9.03. The molecule has 4 rings (SSSR count). The largest absolute Gasteiger partial charge is 0.340 e. The van der Waals surface area contributed by atoms with Crippen LogP contribution in [0.2, 0.25) is 0 Å². The number of anilines is 1. The number of hydrogen-bond acceptors (Lipinski definition) is 4. The Morgan fingerprint density at radius 2 is 1.61 bits per heavy atom. The topological polar surface area (TPSA) is 105 Å². The van der Waals surface area contributed by atoms with Gasteiger partial charge in [0.1, 0.15) is 6.04 Å². The number of nitrogens with zero attached hydrogens (tertiary/aromatic N) is 1. The van der Waals surface area contributed by atoms with Gasteiger partial charge in [0, 0.05) is 30.3 Å². The normalized spacial score (nSPS) is 18.0. The molecule has 0 radical (unpaired) electrons. The van der Waals surface area contributed by atoms with Crippen LogP contribution in [0.15, 0.2) is 85.0 Å². The number of likely N-dealkylation sites (tertiary alicyclic amines) is 1. The van der Waals surface area contributed by atoms with Crippen LogP contribution in [-0.4, -0.2) is 41.8 Å². The maximum Gasteiger partial charge on any atom is 0.251 e. The third kappa shape index (κ3) is 6.58. The van der Waals surface area contributed by atoms with Crippen LogP contribution in [0.1, 0.15) is 46.7 Å². The average Bonchev–Trinajstić information content (AvgIpc) is 3.27. The summed E-state index contributed by atoms with van der Waals surface area (Å²) in [5.74, 6) is -0.644. The maximum atomic E-state index is 13.2. The summed E-state index contributed by atoms with van der Waals surface area (Å²) in [5.41, 5.74) is 8.82. The van der Waals surface area contributed by atoms with Crippen LogP contribution in [0.4, 0.5) is 5.69 Å². The summed E-state index contributed by atoms with van der Waals surface area (Å²) in [7, 11) is 0. The lowest BCUT2D eigenvalue weighted by Gasteiger charge is -2.24. The summed E-state index contributed by atoms with van der Waals surface area (Å²) in [6, 6.07) is 14.1. The number of nitrogens with one attached hydrogen (secondary N) is 2. The predicted molar refractivity (Wildman–Crippen MR) is 141 cm³/mol. The molecule has 0 aromatic heterocycles. The van der Waals surface area contributed by atoms with Crippen molar-refractivity contribution in [3.63, 3.8) is 0 Å². The van der Waals surface area contributed by atoms with Crippen LogP contribution in [0.3, 0.4) is 0 Å². The van der Waals surface area contributed by atoms with Gasteiger partial charge in [0.25, 0.3) is 5.91 Å². The molecule has 1 saturated heterocycles. The molecule has 1 fully saturated rings. The lowest BCUT2D eigenvalue weighted by atomic mass is 9.97. The Hall–Kier alpha value is -3.97. The molecule has 36 heavy (non-hydrogen) atoms. The smallest absolute Gasteiger partial charge is 0.251 e. The number of amides is 3. The lowest BCUT2D eigenvalue weighted by molar-refractivity contribution is -0.135. The van der Waals surface area contributed by atoms with E-state index >= 15 is 0 Å². The van der Waals surface area contributed by atoms with E-state index in [9.17, 15) is 14.4 Å². The average molecular weight is 485 g/mol. The summed E-state index contributed by atoms with van der Waals surface area (Å²) in [6.07, 6.45) is 14.3. The van der Waals surface area contributed by atoms with E-state index in [1.54, 1.807) is 24.3 Å². The van der Waals surface area contributed by atoms with Gasteiger partial charge in [0.2, 0.25) is 11.8 Å². The molecule has 0 bridgehead atoms. The molecular weight excluding hydrogens is 452 g/mol. The van der Waals surface area contributed by atoms with Crippen molar-refractivity contribution < 1.29 is 14.4 Å². The monoisotopic (exact) mass is 484 g/mol. The fourth-order valence-corrected chi connectivity index (χ4v) is 4.37. The number of carbonyl (C=O) groups is 3. The zero-order valence-corrected chi connectivity index (χ0v) is 20.2. The quantitative estimate of drug-likeness (QED) is 0.558. The van der Waals surface area contributed by atoms with Crippen molar-refractivity contribution in [1.29, 1.82) is 0 Å². The summed E-state index contributed by atoms with van der Waals surface area (Å²) < 4.78 is 0. The van der Waals surface area contributed by atoms with E-state index in [0.29, 0.717) is 30.8 Å². The van der Waals surface area contributed by atoms with Gasteiger partial charge in [-0.1, -0.05) is 60.7 Å². The van der Waals surface area contributed by atoms with Crippen molar-refractivity contribution >= 4 is 23.4 Å². The molecule has 2 aromatic carbocycles. The first-order chi connectivity index (χ1) is 17.5. The van der Waals surface area contributed by atoms with Crippen LogP contribution in [-0.2, 0) is 16.1 Å². The van der Waals surface area contributed by atoms with Gasteiger partial charge in [-0.15, -0.1) is 0 Å². The Kier molecular flexibility index (Phi) is 8.47. The van der Waals surface area contributed by atoms with Crippen LogP contribution in [0.25, 0.3) is 0 Å². The van der Waals surface area contributed by atoms with E-state index in [4.69, 9.17) is 5.73 Å². The van der Waals surface area contributed by atoms with Gasteiger partial charge in [-0.05, 0) is 54.7 Å². The Labute approximate surface area is 211 Å². The minimum absolute atomic E-state index is 0.0597. The van der Waals surface area contributed by atoms with E-state index in [1.165, 1.54) is 4.90 Å². The maximum absolute atomic E-state index is 13.2. The van der Waals surface area contributed by atoms with Gasteiger partial charge in [0.15, 0.2) is 0 Å². The zero-order chi connectivity index (χ0) is 25.3. The first-order valence-corrected chi connectivity index (χ1v) is 12.3. The number of nitrogens with two attached hydrogens (primary N) is 1. The van der Waals surface area contributed by atoms with Crippen LogP contribution < -0.4 is 16.4 Å². The number of carbonyl (C=O) groups excluding carboxylic acids is 3. The highest BCUT2D eigenvalue weighted by Crippen LogP contribution is 2.21. The van der Waals surface area contributed by atoms with E-state index in [0.717, 1.165) is 24.0 Å². The minimum atomic E-state index is -0.657. The molecule has 1 unspecified atom stereocenters. The SMILES string of the molecule is NCc1ccc(NC(=O)CN2CCCCC(NC(=O)c3ccc(C4C=CC=CC=C4)cc3)C2=O)cc1. The molecule has 2 aliphatic rings. The molecule has 4 N–H and O–H groups in total. The van der Waals surface area contributed by atoms with Gasteiger partial charge in [0.05, 0.1) is 6.54 Å². The molecule has 3 amide bonds. The molecule has 186 valence electrons. The number of allylic oxidation sites excluding steroid dienone is 6. The molecule has 0 spiro atoms. The Bertz CT molecular complexity index is 1150. The molecule has 2 aromatic rings. The van der Waals surface area contributed by atoms with E-state index < -0.39 is 6.04 Å². The van der Waals surface area contributed by atoms with Crippen molar-refractivity contribution in [2.24, 2.45) is 5.73 Å². The van der Waals surface area contributed by atoms with Gasteiger partial charge >= 0.3 is 0 Å². The third-order valence-corrected chi connectivity index (χ3v) is 6.42. The van der Waals surface area contributed by atoms with Crippen molar-refractivity contribution in [3.8, 4) is 0 Å². The first kappa shape index (κ1) is 25.1. The van der Waals surface area contributed by atoms with Gasteiger partial charge < -0.3 is 21.3 Å². The first-order valence-electron chi connectivity index (χ1n) is 12.3. The van der Waals surface area contributed by atoms with E-state index in [-0.39, 0.29) is 30.2 Å². The number of rotatable bonds is 7. The highest BCUT2D eigenvalue weighted by Gasteiger charge is 2.29.